The minimum atomic E-state index is 0.577. The van der Waals surface area contributed by atoms with Crippen LogP contribution in [0, 0.1) is 0 Å². The van der Waals surface area contributed by atoms with Crippen molar-refractivity contribution in [2.75, 3.05) is 5.84 Å². The molecule has 1 aliphatic rings. The molecule has 3 heterocycles. The molecule has 1 saturated carbocycles. The minimum absolute atomic E-state index is 0.577. The Morgan fingerprint density at radius 3 is 2.43 bits per heavy atom. The fourth-order valence-electron chi connectivity index (χ4n) is 3.93. The van der Waals surface area contributed by atoms with Crippen molar-refractivity contribution in [2.24, 2.45) is 0 Å². The standard InChI is InChI=1S/C19H24N4/c20-23-18-11-12-21-13-16(18)15-9-10-17(22-19(15)23)14-7-5-3-1-2-4-6-8-14/h9-14H,1-8,20H2. The molecule has 120 valence electrons. The van der Waals surface area contributed by atoms with E-state index in [1.165, 1.54) is 57.1 Å². The average Bonchev–Trinajstić information content (AvgIpc) is 2.95. The summed E-state index contributed by atoms with van der Waals surface area (Å²) in [5.41, 5.74) is 3.08. The minimum Gasteiger partial charge on any atom is -0.337 e. The van der Waals surface area contributed by atoms with Crippen LogP contribution in [-0.2, 0) is 0 Å². The van der Waals surface area contributed by atoms with Crippen molar-refractivity contribution in [3.63, 3.8) is 0 Å². The van der Waals surface area contributed by atoms with Crippen LogP contribution >= 0.6 is 0 Å². The molecule has 2 N–H and O–H groups in total. The summed E-state index contributed by atoms with van der Waals surface area (Å²) in [7, 11) is 0. The fraction of sp³-hybridized carbons (Fsp3) is 0.474. The summed E-state index contributed by atoms with van der Waals surface area (Å²) in [4.78, 5) is 9.17. The van der Waals surface area contributed by atoms with Crippen molar-refractivity contribution < 1.29 is 0 Å². The highest BCUT2D eigenvalue weighted by molar-refractivity contribution is 6.06. The summed E-state index contributed by atoms with van der Waals surface area (Å²) >= 11 is 0. The number of nitrogen functional groups attached to an aromatic ring is 1. The van der Waals surface area contributed by atoms with Crippen LogP contribution in [0.4, 0.5) is 0 Å². The maximum Gasteiger partial charge on any atom is 0.159 e. The first-order valence-electron chi connectivity index (χ1n) is 8.85. The molecule has 1 aliphatic carbocycles. The number of rotatable bonds is 1. The van der Waals surface area contributed by atoms with E-state index in [4.69, 9.17) is 10.8 Å². The molecule has 0 aromatic carbocycles. The normalized spacial score (nSPS) is 17.9. The largest absolute Gasteiger partial charge is 0.337 e. The lowest BCUT2D eigenvalue weighted by Gasteiger charge is -2.15. The third-order valence-electron chi connectivity index (χ3n) is 5.25. The van der Waals surface area contributed by atoms with Gasteiger partial charge in [0, 0.05) is 34.8 Å². The van der Waals surface area contributed by atoms with Crippen molar-refractivity contribution in [3.8, 4) is 0 Å². The van der Waals surface area contributed by atoms with Crippen LogP contribution in [0.15, 0.2) is 30.6 Å². The van der Waals surface area contributed by atoms with Crippen LogP contribution in [0.1, 0.15) is 63.0 Å². The van der Waals surface area contributed by atoms with Crippen LogP contribution in [-0.4, -0.2) is 14.6 Å². The maximum absolute atomic E-state index is 6.28. The van der Waals surface area contributed by atoms with Gasteiger partial charge >= 0.3 is 0 Å². The van der Waals surface area contributed by atoms with E-state index in [9.17, 15) is 0 Å². The number of fused-ring (bicyclic) bond motifs is 3. The van der Waals surface area contributed by atoms with Crippen molar-refractivity contribution in [1.29, 1.82) is 0 Å². The SMILES string of the molecule is Nn1c2ccncc2c2ccc(C3CCCCCCCC3)nc21. The van der Waals surface area contributed by atoms with Crippen molar-refractivity contribution >= 4 is 21.9 Å². The Morgan fingerprint density at radius 2 is 1.65 bits per heavy atom. The Bertz CT molecular complexity index is 811. The lowest BCUT2D eigenvalue weighted by molar-refractivity contribution is 0.529. The number of nitrogens with zero attached hydrogens (tertiary/aromatic N) is 3. The van der Waals surface area contributed by atoms with Gasteiger partial charge in [0.1, 0.15) is 0 Å². The molecule has 4 heteroatoms. The lowest BCUT2D eigenvalue weighted by atomic mass is 9.93. The first-order valence-corrected chi connectivity index (χ1v) is 8.85. The summed E-state index contributed by atoms with van der Waals surface area (Å²) in [6, 6.07) is 6.34. The molecule has 3 aromatic heterocycles. The van der Waals surface area contributed by atoms with E-state index in [1.807, 2.05) is 12.3 Å². The van der Waals surface area contributed by atoms with Gasteiger partial charge in [0.15, 0.2) is 5.65 Å². The van der Waals surface area contributed by atoms with Crippen LogP contribution in [0.5, 0.6) is 0 Å². The second-order valence-corrected chi connectivity index (χ2v) is 6.77. The highest BCUT2D eigenvalue weighted by Crippen LogP contribution is 2.32. The molecule has 0 bridgehead atoms. The number of hydrogen-bond acceptors (Lipinski definition) is 3. The van der Waals surface area contributed by atoms with E-state index in [0.29, 0.717) is 5.92 Å². The number of nitrogens with two attached hydrogens (primary N) is 1. The van der Waals surface area contributed by atoms with Crippen molar-refractivity contribution in [3.05, 3.63) is 36.3 Å². The van der Waals surface area contributed by atoms with Gasteiger partial charge in [0.05, 0.1) is 5.52 Å². The van der Waals surface area contributed by atoms with Gasteiger partial charge in [-0.05, 0) is 31.0 Å². The number of hydrogen-bond donors (Lipinski definition) is 1. The first-order chi connectivity index (χ1) is 11.3. The Labute approximate surface area is 136 Å². The second kappa shape index (κ2) is 6.19. The monoisotopic (exact) mass is 308 g/mol. The maximum atomic E-state index is 6.28. The van der Waals surface area contributed by atoms with Gasteiger partial charge in [0.2, 0.25) is 0 Å². The molecular weight excluding hydrogens is 284 g/mol. The smallest absolute Gasteiger partial charge is 0.159 e. The Morgan fingerprint density at radius 1 is 0.913 bits per heavy atom. The third kappa shape index (κ3) is 2.67. The molecule has 23 heavy (non-hydrogen) atoms. The molecule has 0 unspecified atom stereocenters. The first kappa shape index (κ1) is 14.5. The predicted octanol–water partition coefficient (Wildman–Crippen LogP) is 4.52. The van der Waals surface area contributed by atoms with Gasteiger partial charge in [0.25, 0.3) is 0 Å². The Balaban J connectivity index is 1.75. The highest BCUT2D eigenvalue weighted by atomic mass is 15.3. The van der Waals surface area contributed by atoms with Crippen LogP contribution in [0.25, 0.3) is 21.9 Å². The van der Waals surface area contributed by atoms with Gasteiger partial charge < -0.3 is 5.84 Å². The Kier molecular flexibility index (Phi) is 3.90. The molecular formula is C19H24N4. The predicted molar refractivity (Wildman–Crippen MR) is 94.9 cm³/mol. The molecule has 0 radical (unpaired) electrons. The molecule has 3 aromatic rings. The van der Waals surface area contributed by atoms with Gasteiger partial charge in [-0.15, -0.1) is 0 Å². The fourth-order valence-corrected chi connectivity index (χ4v) is 3.93. The van der Waals surface area contributed by atoms with Crippen LogP contribution < -0.4 is 5.84 Å². The number of aromatic nitrogens is 3. The summed E-state index contributed by atoms with van der Waals surface area (Å²) in [6.07, 6.45) is 14.3. The van der Waals surface area contributed by atoms with E-state index >= 15 is 0 Å². The van der Waals surface area contributed by atoms with E-state index in [0.717, 1.165) is 21.9 Å². The quantitative estimate of drug-likeness (QED) is 0.673. The molecule has 4 nitrogen and oxygen atoms in total. The summed E-state index contributed by atoms with van der Waals surface area (Å²) in [5.74, 6) is 6.86. The summed E-state index contributed by atoms with van der Waals surface area (Å²) in [5, 5.41) is 2.18. The van der Waals surface area contributed by atoms with E-state index in [2.05, 4.69) is 17.1 Å². The average molecular weight is 308 g/mol. The zero-order valence-corrected chi connectivity index (χ0v) is 13.5. The van der Waals surface area contributed by atoms with E-state index in [1.54, 1.807) is 10.9 Å². The molecule has 4 rings (SSSR count). The molecule has 0 amide bonds. The van der Waals surface area contributed by atoms with Crippen LogP contribution in [0.3, 0.4) is 0 Å². The zero-order chi connectivity index (χ0) is 15.6. The number of pyridine rings is 2. The second-order valence-electron chi connectivity index (χ2n) is 6.77. The van der Waals surface area contributed by atoms with E-state index in [-0.39, 0.29) is 0 Å². The highest BCUT2D eigenvalue weighted by Gasteiger charge is 2.17. The topological polar surface area (TPSA) is 56.7 Å². The Hall–Kier alpha value is -2.10. The molecule has 0 saturated heterocycles. The van der Waals surface area contributed by atoms with Gasteiger partial charge in [-0.3, -0.25) is 4.98 Å². The van der Waals surface area contributed by atoms with Gasteiger partial charge in [-0.2, -0.15) is 0 Å². The van der Waals surface area contributed by atoms with Gasteiger partial charge in [-0.1, -0.05) is 38.5 Å². The summed E-state index contributed by atoms with van der Waals surface area (Å²) in [6.45, 7) is 0. The third-order valence-corrected chi connectivity index (χ3v) is 5.25. The summed E-state index contributed by atoms with van der Waals surface area (Å²) < 4.78 is 1.71. The lowest BCUT2D eigenvalue weighted by Crippen LogP contribution is -2.09. The van der Waals surface area contributed by atoms with Gasteiger partial charge in [-0.25, -0.2) is 9.66 Å². The molecule has 0 atom stereocenters. The van der Waals surface area contributed by atoms with E-state index < -0.39 is 0 Å². The van der Waals surface area contributed by atoms with Crippen molar-refractivity contribution in [1.82, 2.24) is 14.6 Å². The molecule has 0 aliphatic heterocycles. The molecule has 1 fully saturated rings. The molecule has 0 spiro atoms. The zero-order valence-electron chi connectivity index (χ0n) is 13.5. The van der Waals surface area contributed by atoms with Crippen LogP contribution in [0.2, 0.25) is 0 Å². The van der Waals surface area contributed by atoms with Crippen molar-refractivity contribution in [2.45, 2.75) is 57.3 Å².